The van der Waals surface area contributed by atoms with Crippen LogP contribution in [-0.4, -0.2) is 46.5 Å². The highest BCUT2D eigenvalue weighted by atomic mass is 19.4. The molecule has 1 aliphatic carbocycles. The zero-order valence-electron chi connectivity index (χ0n) is 18.1. The Morgan fingerprint density at radius 1 is 1.21 bits per heavy atom. The Labute approximate surface area is 192 Å². The summed E-state index contributed by atoms with van der Waals surface area (Å²) in [5.74, 6) is -2.50. The Bertz CT molecular complexity index is 1150. The van der Waals surface area contributed by atoms with Crippen molar-refractivity contribution >= 4 is 23.6 Å². The molecule has 1 aliphatic heterocycles. The highest BCUT2D eigenvalue weighted by Crippen LogP contribution is 2.45. The van der Waals surface area contributed by atoms with Gasteiger partial charge in [0.25, 0.3) is 5.91 Å². The van der Waals surface area contributed by atoms with Crippen molar-refractivity contribution in [1.82, 2.24) is 9.80 Å². The van der Waals surface area contributed by atoms with Crippen molar-refractivity contribution in [3.8, 4) is 0 Å². The van der Waals surface area contributed by atoms with Gasteiger partial charge in [0.05, 0.1) is 0 Å². The molecule has 34 heavy (non-hydrogen) atoms. The number of benzene rings is 2. The minimum absolute atomic E-state index is 0.138. The first kappa shape index (κ1) is 23.5. The Kier molecular flexibility index (Phi) is 5.74. The molecule has 4 rings (SSSR count). The number of carbonyl (C=O) groups is 3. The molecule has 2 atom stereocenters. The van der Waals surface area contributed by atoms with Gasteiger partial charge in [0.2, 0.25) is 11.5 Å². The van der Waals surface area contributed by atoms with Crippen molar-refractivity contribution < 1.29 is 36.7 Å². The molecule has 2 aromatic rings. The average Bonchev–Trinajstić information content (AvgIpc) is 3.24. The molecule has 0 aromatic heterocycles. The molecular weight excluding hydrogens is 458 g/mol. The van der Waals surface area contributed by atoms with E-state index < -0.39 is 54.6 Å². The highest BCUT2D eigenvalue weighted by molar-refractivity contribution is 6.06. The molecule has 0 bridgehead atoms. The molecule has 2 aromatic carbocycles. The van der Waals surface area contributed by atoms with Crippen LogP contribution in [0.4, 0.5) is 28.0 Å². The van der Waals surface area contributed by atoms with Crippen LogP contribution in [0, 0.1) is 5.82 Å². The van der Waals surface area contributed by atoms with Crippen molar-refractivity contribution in [2.45, 2.75) is 44.1 Å². The number of ether oxygens (including phenoxy) is 1. The van der Waals surface area contributed by atoms with Crippen LogP contribution in [0.3, 0.4) is 0 Å². The number of rotatable bonds is 5. The molecule has 0 unspecified atom stereocenters. The van der Waals surface area contributed by atoms with Crippen LogP contribution in [0.15, 0.2) is 42.5 Å². The molecule has 1 saturated heterocycles. The van der Waals surface area contributed by atoms with Gasteiger partial charge in [-0.05, 0) is 48.7 Å². The second kappa shape index (κ2) is 8.30. The average molecular weight is 479 g/mol. The van der Waals surface area contributed by atoms with Gasteiger partial charge in [-0.25, -0.2) is 14.1 Å². The van der Waals surface area contributed by atoms with Gasteiger partial charge < -0.3 is 15.4 Å². The number of imide groups is 1. The fourth-order valence-electron chi connectivity index (χ4n) is 4.30. The van der Waals surface area contributed by atoms with E-state index in [1.807, 2.05) is 0 Å². The van der Waals surface area contributed by atoms with Crippen LogP contribution in [0.5, 0.6) is 0 Å². The van der Waals surface area contributed by atoms with Crippen LogP contribution >= 0.6 is 0 Å². The minimum Gasteiger partial charge on any atom is -0.427 e. The van der Waals surface area contributed by atoms with Gasteiger partial charge in [0, 0.05) is 24.2 Å². The number of anilines is 1. The van der Waals surface area contributed by atoms with E-state index in [9.17, 15) is 31.9 Å². The Balaban J connectivity index is 1.58. The van der Waals surface area contributed by atoms with Gasteiger partial charge in [0.1, 0.15) is 18.4 Å². The smallest absolute Gasteiger partial charge is 0.418 e. The SMILES string of the molecule is C[C@H](N(Cc1ccc(F)cc1)C(=O)CN1C(=O)O[C@@]2(CCc3cc(N)ccc32)C1=O)C(F)(F)F. The summed E-state index contributed by atoms with van der Waals surface area (Å²) >= 11 is 0. The van der Waals surface area contributed by atoms with Gasteiger partial charge >= 0.3 is 12.3 Å². The molecule has 2 aliphatic rings. The first-order chi connectivity index (χ1) is 15.9. The Morgan fingerprint density at radius 3 is 2.53 bits per heavy atom. The maximum Gasteiger partial charge on any atom is 0.418 e. The third kappa shape index (κ3) is 4.06. The normalized spacial score (nSPS) is 20.4. The van der Waals surface area contributed by atoms with Gasteiger partial charge in [-0.1, -0.05) is 18.2 Å². The third-order valence-corrected chi connectivity index (χ3v) is 6.20. The molecule has 2 N–H and O–H groups in total. The van der Waals surface area contributed by atoms with Crippen LogP contribution < -0.4 is 5.73 Å². The van der Waals surface area contributed by atoms with Crippen molar-refractivity contribution in [2.24, 2.45) is 0 Å². The summed E-state index contributed by atoms with van der Waals surface area (Å²) in [5.41, 5.74) is 6.03. The summed E-state index contributed by atoms with van der Waals surface area (Å²) in [6, 6.07) is 7.19. The zero-order valence-corrected chi connectivity index (χ0v) is 18.1. The van der Waals surface area contributed by atoms with Gasteiger partial charge in [0.15, 0.2) is 0 Å². The lowest BCUT2D eigenvalue weighted by molar-refractivity contribution is -0.187. The van der Waals surface area contributed by atoms with E-state index in [2.05, 4.69) is 0 Å². The number of aryl methyl sites for hydroxylation is 1. The largest absolute Gasteiger partial charge is 0.427 e. The first-order valence-corrected chi connectivity index (χ1v) is 10.5. The molecule has 11 heteroatoms. The number of alkyl halides is 3. The van der Waals surface area contributed by atoms with E-state index in [0.29, 0.717) is 27.5 Å². The number of carbonyl (C=O) groups excluding carboxylic acids is 3. The number of hydrogen-bond acceptors (Lipinski definition) is 5. The van der Waals surface area contributed by atoms with Crippen LogP contribution in [0.2, 0.25) is 0 Å². The maximum atomic E-state index is 13.5. The molecule has 7 nitrogen and oxygen atoms in total. The fraction of sp³-hybridized carbons (Fsp3) is 0.348. The lowest BCUT2D eigenvalue weighted by Crippen LogP contribution is -2.51. The topological polar surface area (TPSA) is 92.9 Å². The van der Waals surface area contributed by atoms with Crippen molar-refractivity contribution in [2.75, 3.05) is 12.3 Å². The summed E-state index contributed by atoms with van der Waals surface area (Å²) < 4.78 is 59.1. The quantitative estimate of drug-likeness (QED) is 0.524. The van der Waals surface area contributed by atoms with E-state index in [-0.39, 0.29) is 12.0 Å². The molecule has 0 radical (unpaired) electrons. The van der Waals surface area contributed by atoms with Crippen molar-refractivity contribution in [3.05, 3.63) is 65.0 Å². The predicted octanol–water partition coefficient (Wildman–Crippen LogP) is 3.51. The monoisotopic (exact) mass is 479 g/mol. The standard InChI is InChI=1S/C23H21F4N3O4/c1-13(23(25,26)27)29(11-14-2-4-16(24)5-3-14)19(31)12-30-20(32)22(34-21(30)33)9-8-15-10-17(28)6-7-18(15)22/h2-7,10,13H,8-9,11-12,28H2,1H3/t13-,22+/m0/s1. The Hall–Kier alpha value is -3.63. The number of hydrogen-bond donors (Lipinski definition) is 1. The van der Waals surface area contributed by atoms with E-state index >= 15 is 0 Å². The van der Waals surface area contributed by atoms with Gasteiger partial charge in [-0.3, -0.25) is 9.59 Å². The minimum atomic E-state index is -4.77. The third-order valence-electron chi connectivity index (χ3n) is 6.20. The van der Waals surface area contributed by atoms with Crippen LogP contribution in [0.25, 0.3) is 0 Å². The lowest BCUT2D eigenvalue weighted by Gasteiger charge is -2.31. The van der Waals surface area contributed by atoms with E-state index in [4.69, 9.17) is 10.5 Å². The number of halogens is 4. The second-order valence-corrected chi connectivity index (χ2v) is 8.37. The molecule has 1 spiro atoms. The van der Waals surface area contributed by atoms with Crippen molar-refractivity contribution in [1.29, 1.82) is 0 Å². The van der Waals surface area contributed by atoms with E-state index in [1.165, 1.54) is 12.1 Å². The van der Waals surface area contributed by atoms with Gasteiger partial charge in [-0.2, -0.15) is 13.2 Å². The number of nitrogens with two attached hydrogens (primary N) is 1. The number of fused-ring (bicyclic) bond motifs is 2. The van der Waals surface area contributed by atoms with Crippen molar-refractivity contribution in [3.63, 3.8) is 0 Å². The molecular formula is C23H21F4N3O4. The van der Waals surface area contributed by atoms with E-state index in [1.54, 1.807) is 18.2 Å². The first-order valence-electron chi connectivity index (χ1n) is 10.5. The maximum absolute atomic E-state index is 13.5. The number of amides is 3. The Morgan fingerprint density at radius 2 is 1.88 bits per heavy atom. The molecule has 0 saturated carbocycles. The molecule has 1 fully saturated rings. The zero-order chi connectivity index (χ0) is 24.8. The molecule has 1 heterocycles. The summed E-state index contributed by atoms with van der Waals surface area (Å²) in [7, 11) is 0. The highest BCUT2D eigenvalue weighted by Gasteiger charge is 2.58. The number of nitrogens with zero attached hydrogens (tertiary/aromatic N) is 2. The summed E-state index contributed by atoms with van der Waals surface area (Å²) in [6.45, 7) is -0.625. The molecule has 180 valence electrons. The van der Waals surface area contributed by atoms with Gasteiger partial charge in [-0.15, -0.1) is 0 Å². The summed E-state index contributed by atoms with van der Waals surface area (Å²) in [5, 5.41) is 0. The number of nitrogen functional groups attached to an aromatic ring is 1. The lowest BCUT2D eigenvalue weighted by atomic mass is 9.94. The molecule has 3 amide bonds. The summed E-state index contributed by atoms with van der Waals surface area (Å²) in [6.07, 6.45) is -5.33. The predicted molar refractivity (Wildman–Crippen MR) is 112 cm³/mol. The van der Waals surface area contributed by atoms with Crippen LogP contribution in [0.1, 0.15) is 30.0 Å². The fourth-order valence-corrected chi connectivity index (χ4v) is 4.30. The van der Waals surface area contributed by atoms with E-state index in [0.717, 1.165) is 24.6 Å². The second-order valence-electron chi connectivity index (χ2n) is 8.37. The van der Waals surface area contributed by atoms with Crippen LogP contribution in [-0.2, 0) is 32.9 Å². The summed E-state index contributed by atoms with van der Waals surface area (Å²) in [4.78, 5) is 39.8.